The molecule has 0 atom stereocenters. The number of nitrogens with one attached hydrogen (secondary N) is 1. The van der Waals surface area contributed by atoms with Crippen molar-refractivity contribution in [2.45, 2.75) is 0 Å². The molecule has 0 saturated heterocycles. The molecule has 0 heterocycles. The Labute approximate surface area is 91.5 Å². The molecule has 0 spiro atoms. The molecule has 0 aromatic heterocycles. The minimum atomic E-state index is -1.12. The van der Waals surface area contributed by atoms with Gasteiger partial charge < -0.3 is 5.11 Å². The Morgan fingerprint density at radius 2 is 1.81 bits per heavy atom. The van der Waals surface area contributed by atoms with E-state index in [0.717, 1.165) is 17.1 Å². The number of hydrogen-bond acceptors (Lipinski definition) is 2. The first-order valence-electron chi connectivity index (χ1n) is 4.69. The van der Waals surface area contributed by atoms with E-state index in [1.54, 1.807) is 36.4 Å². The maximum Gasteiger partial charge on any atom is 0.409 e. The van der Waals surface area contributed by atoms with Gasteiger partial charge in [0.25, 0.3) is 0 Å². The van der Waals surface area contributed by atoms with Gasteiger partial charge in [0.05, 0.1) is 5.69 Å². The minimum absolute atomic E-state index is 0.480. The highest BCUT2D eigenvalue weighted by molar-refractivity contribution is 6.06. The highest BCUT2D eigenvalue weighted by Gasteiger charge is 2.06. The van der Waals surface area contributed by atoms with Crippen molar-refractivity contribution in [1.82, 2.24) is 0 Å². The fourth-order valence-corrected chi connectivity index (χ4v) is 1.65. The van der Waals surface area contributed by atoms with Crippen LogP contribution in [0.25, 0.3) is 10.8 Å². The van der Waals surface area contributed by atoms with Crippen LogP contribution in [0.15, 0.2) is 36.4 Å². The van der Waals surface area contributed by atoms with E-state index in [1.807, 2.05) is 0 Å². The standard InChI is InChI=1S/C12H9NO3/c14-7-8-5-6-11(13-12(15)16)10-4-2-1-3-9(8)10/h1-7,13H,(H,15,16). The van der Waals surface area contributed by atoms with Crippen LogP contribution in [-0.4, -0.2) is 17.5 Å². The second kappa shape index (κ2) is 4.02. The van der Waals surface area contributed by atoms with Crippen LogP contribution in [0, 0.1) is 0 Å². The highest BCUT2D eigenvalue weighted by Crippen LogP contribution is 2.25. The molecule has 2 aromatic rings. The van der Waals surface area contributed by atoms with Crippen molar-refractivity contribution < 1.29 is 14.7 Å². The Balaban J connectivity index is 2.69. The van der Waals surface area contributed by atoms with Gasteiger partial charge in [0.15, 0.2) is 6.29 Å². The van der Waals surface area contributed by atoms with Gasteiger partial charge in [-0.3, -0.25) is 10.1 Å². The van der Waals surface area contributed by atoms with E-state index in [4.69, 9.17) is 5.11 Å². The predicted octanol–water partition coefficient (Wildman–Crippen LogP) is 2.74. The molecule has 1 amide bonds. The van der Waals surface area contributed by atoms with Crippen molar-refractivity contribution in [3.8, 4) is 0 Å². The third-order valence-electron chi connectivity index (χ3n) is 2.33. The normalized spacial score (nSPS) is 10.0. The molecule has 80 valence electrons. The first-order valence-corrected chi connectivity index (χ1v) is 4.69. The van der Waals surface area contributed by atoms with Crippen LogP contribution in [0.1, 0.15) is 10.4 Å². The fourth-order valence-electron chi connectivity index (χ4n) is 1.65. The molecule has 4 heteroatoms. The summed E-state index contributed by atoms with van der Waals surface area (Å²) in [6.45, 7) is 0. The zero-order chi connectivity index (χ0) is 11.5. The molecule has 2 rings (SSSR count). The van der Waals surface area contributed by atoms with Crippen LogP contribution in [0.2, 0.25) is 0 Å². The maximum atomic E-state index is 10.8. The monoisotopic (exact) mass is 215 g/mol. The van der Waals surface area contributed by atoms with Crippen molar-refractivity contribution in [2.75, 3.05) is 5.32 Å². The summed E-state index contributed by atoms with van der Waals surface area (Å²) in [5, 5.41) is 12.4. The van der Waals surface area contributed by atoms with Gasteiger partial charge >= 0.3 is 6.09 Å². The van der Waals surface area contributed by atoms with Crippen LogP contribution in [0.4, 0.5) is 10.5 Å². The van der Waals surface area contributed by atoms with E-state index in [-0.39, 0.29) is 0 Å². The van der Waals surface area contributed by atoms with Gasteiger partial charge in [-0.05, 0) is 17.5 Å². The third kappa shape index (κ3) is 1.72. The van der Waals surface area contributed by atoms with E-state index >= 15 is 0 Å². The molecule has 4 nitrogen and oxygen atoms in total. The minimum Gasteiger partial charge on any atom is -0.465 e. The topological polar surface area (TPSA) is 66.4 Å². The number of anilines is 1. The van der Waals surface area contributed by atoms with Gasteiger partial charge in [0.2, 0.25) is 0 Å². The van der Waals surface area contributed by atoms with E-state index < -0.39 is 6.09 Å². The molecular weight excluding hydrogens is 206 g/mol. The SMILES string of the molecule is O=Cc1ccc(NC(=O)O)c2ccccc12. The Morgan fingerprint density at radius 1 is 1.12 bits per heavy atom. The lowest BCUT2D eigenvalue weighted by molar-refractivity contribution is 0.112. The molecule has 0 aliphatic rings. The molecule has 2 N–H and O–H groups in total. The number of aldehydes is 1. The van der Waals surface area contributed by atoms with Gasteiger partial charge in [-0.25, -0.2) is 4.79 Å². The van der Waals surface area contributed by atoms with Crippen LogP contribution in [0.5, 0.6) is 0 Å². The Bertz CT molecular complexity index is 563. The van der Waals surface area contributed by atoms with Crippen LogP contribution < -0.4 is 5.32 Å². The number of carboxylic acid groups (broad SMARTS) is 1. The van der Waals surface area contributed by atoms with Gasteiger partial charge in [-0.2, -0.15) is 0 Å². The van der Waals surface area contributed by atoms with Crippen molar-refractivity contribution in [1.29, 1.82) is 0 Å². The fraction of sp³-hybridized carbons (Fsp3) is 0. The average molecular weight is 215 g/mol. The van der Waals surface area contributed by atoms with Crippen molar-refractivity contribution >= 4 is 28.8 Å². The van der Waals surface area contributed by atoms with Crippen LogP contribution in [-0.2, 0) is 0 Å². The van der Waals surface area contributed by atoms with E-state index in [9.17, 15) is 9.59 Å². The smallest absolute Gasteiger partial charge is 0.409 e. The van der Waals surface area contributed by atoms with E-state index in [0.29, 0.717) is 11.3 Å². The molecule has 0 aliphatic carbocycles. The lowest BCUT2D eigenvalue weighted by Crippen LogP contribution is -2.07. The Morgan fingerprint density at radius 3 is 2.44 bits per heavy atom. The summed E-state index contributed by atoms with van der Waals surface area (Å²) in [5.41, 5.74) is 1.03. The zero-order valence-electron chi connectivity index (χ0n) is 8.31. The Hall–Kier alpha value is -2.36. The lowest BCUT2D eigenvalue weighted by Gasteiger charge is -2.07. The summed E-state index contributed by atoms with van der Waals surface area (Å²) >= 11 is 0. The molecule has 0 bridgehead atoms. The number of carbonyl (C=O) groups is 2. The quantitative estimate of drug-likeness (QED) is 0.757. The number of carbonyl (C=O) groups excluding carboxylic acids is 1. The second-order valence-electron chi connectivity index (χ2n) is 3.30. The third-order valence-corrected chi connectivity index (χ3v) is 2.33. The number of fused-ring (bicyclic) bond motifs is 1. The summed E-state index contributed by atoms with van der Waals surface area (Å²) in [7, 11) is 0. The lowest BCUT2D eigenvalue weighted by atomic mass is 10.0. The summed E-state index contributed by atoms with van der Waals surface area (Å²) in [6.07, 6.45) is -0.364. The Kier molecular flexibility index (Phi) is 2.55. The maximum absolute atomic E-state index is 10.8. The highest BCUT2D eigenvalue weighted by atomic mass is 16.4. The van der Waals surface area contributed by atoms with Gasteiger partial charge in [0, 0.05) is 10.9 Å². The van der Waals surface area contributed by atoms with E-state index in [2.05, 4.69) is 5.32 Å². The number of amides is 1. The molecule has 0 fully saturated rings. The summed E-state index contributed by atoms with van der Waals surface area (Å²) in [6, 6.07) is 10.3. The molecule has 16 heavy (non-hydrogen) atoms. The summed E-state index contributed by atoms with van der Waals surface area (Å²) in [4.78, 5) is 21.4. The number of benzene rings is 2. The molecule has 2 aromatic carbocycles. The van der Waals surface area contributed by atoms with Crippen molar-refractivity contribution in [3.05, 3.63) is 42.0 Å². The molecule has 0 unspecified atom stereocenters. The van der Waals surface area contributed by atoms with Gasteiger partial charge in [0.1, 0.15) is 0 Å². The zero-order valence-corrected chi connectivity index (χ0v) is 8.31. The molecular formula is C12H9NO3. The number of hydrogen-bond donors (Lipinski definition) is 2. The summed E-state index contributed by atoms with van der Waals surface area (Å²) < 4.78 is 0. The van der Waals surface area contributed by atoms with E-state index in [1.165, 1.54) is 0 Å². The summed E-state index contributed by atoms with van der Waals surface area (Å²) in [5.74, 6) is 0. The van der Waals surface area contributed by atoms with Crippen LogP contribution in [0.3, 0.4) is 0 Å². The van der Waals surface area contributed by atoms with Gasteiger partial charge in [-0.15, -0.1) is 0 Å². The van der Waals surface area contributed by atoms with Crippen molar-refractivity contribution in [2.24, 2.45) is 0 Å². The van der Waals surface area contributed by atoms with Gasteiger partial charge in [-0.1, -0.05) is 24.3 Å². The van der Waals surface area contributed by atoms with Crippen LogP contribution >= 0.6 is 0 Å². The number of rotatable bonds is 2. The second-order valence-corrected chi connectivity index (χ2v) is 3.30. The molecule has 0 saturated carbocycles. The first kappa shape index (κ1) is 10.2. The first-order chi connectivity index (χ1) is 7.72. The van der Waals surface area contributed by atoms with Crippen molar-refractivity contribution in [3.63, 3.8) is 0 Å². The predicted molar refractivity (Wildman–Crippen MR) is 61.0 cm³/mol. The average Bonchev–Trinajstić information content (AvgIpc) is 2.29. The largest absolute Gasteiger partial charge is 0.465 e. The molecule has 0 aliphatic heterocycles. The molecule has 0 radical (unpaired) electrons.